The first kappa shape index (κ1) is 25.1. The molecule has 0 radical (unpaired) electrons. The largest absolute Gasteiger partial charge is 0.493 e. The van der Waals surface area contributed by atoms with Crippen molar-refractivity contribution in [1.82, 2.24) is 0 Å². The van der Waals surface area contributed by atoms with Gasteiger partial charge in [-0.25, -0.2) is 0 Å². The molecule has 0 amide bonds. The third-order valence-electron chi connectivity index (χ3n) is 5.85. The second-order valence-electron chi connectivity index (χ2n) is 8.48. The van der Waals surface area contributed by atoms with Gasteiger partial charge in [0.05, 0.1) is 39.3 Å². The van der Waals surface area contributed by atoms with Gasteiger partial charge in [-0.1, -0.05) is 91.0 Å². The zero-order valence-corrected chi connectivity index (χ0v) is 20.3. The van der Waals surface area contributed by atoms with Crippen LogP contribution in [0.2, 0.25) is 0 Å². The van der Waals surface area contributed by atoms with E-state index in [0.29, 0.717) is 39.6 Å². The quantitative estimate of drug-likeness (QED) is 0.318. The summed E-state index contributed by atoms with van der Waals surface area (Å²) in [5.41, 5.74) is 4.25. The number of hydrogen-bond acceptors (Lipinski definition) is 5. The summed E-state index contributed by atoms with van der Waals surface area (Å²) in [5, 5.41) is 0. The van der Waals surface area contributed by atoms with Gasteiger partial charge >= 0.3 is 0 Å². The van der Waals surface area contributed by atoms with Crippen molar-refractivity contribution in [2.45, 2.75) is 45.1 Å². The van der Waals surface area contributed by atoms with Crippen molar-refractivity contribution < 1.29 is 23.7 Å². The van der Waals surface area contributed by atoms with Crippen LogP contribution in [-0.2, 0) is 43.5 Å². The van der Waals surface area contributed by atoms with Gasteiger partial charge in [-0.3, -0.25) is 0 Å². The predicted octanol–water partition coefficient (Wildman–Crippen LogP) is 5.69. The van der Waals surface area contributed by atoms with Gasteiger partial charge in [-0.15, -0.1) is 0 Å². The number of ether oxygens (including phenoxy) is 5. The molecule has 3 atom stereocenters. The molecule has 5 nitrogen and oxygen atoms in total. The molecule has 5 heteroatoms. The van der Waals surface area contributed by atoms with Crippen LogP contribution in [0.15, 0.2) is 103 Å². The highest BCUT2D eigenvalue weighted by Crippen LogP contribution is 2.27. The van der Waals surface area contributed by atoms with Gasteiger partial charge in [0.2, 0.25) is 0 Å². The predicted molar refractivity (Wildman–Crippen MR) is 136 cm³/mol. The smallest absolute Gasteiger partial charge is 0.150 e. The Morgan fingerprint density at radius 3 is 1.74 bits per heavy atom. The van der Waals surface area contributed by atoms with E-state index in [-0.39, 0.29) is 18.3 Å². The Kier molecular flexibility index (Phi) is 9.92. The molecule has 0 saturated carbocycles. The Morgan fingerprint density at radius 2 is 1.17 bits per heavy atom. The van der Waals surface area contributed by atoms with E-state index in [9.17, 15) is 0 Å². The lowest BCUT2D eigenvalue weighted by Crippen LogP contribution is -2.48. The van der Waals surface area contributed by atoms with E-state index in [4.69, 9.17) is 23.7 Å². The average molecular weight is 475 g/mol. The Bertz CT molecular complexity index is 1010. The van der Waals surface area contributed by atoms with E-state index in [1.54, 1.807) is 6.26 Å². The summed E-state index contributed by atoms with van der Waals surface area (Å²) in [4.78, 5) is 0. The molecule has 1 aliphatic rings. The summed E-state index contributed by atoms with van der Waals surface area (Å²) in [5.74, 6) is 0. The number of benzene rings is 3. The molecule has 35 heavy (non-hydrogen) atoms. The van der Waals surface area contributed by atoms with Crippen LogP contribution in [0.1, 0.15) is 23.6 Å². The average Bonchev–Trinajstić information content (AvgIpc) is 2.92. The molecular weight excluding hydrogens is 440 g/mol. The standard InChI is InChI=1S/C30H34O5/c1-2-31-21-27-22-33-28(23-32-18-24-12-6-3-7-13-24)30(35-20-26-16-10-5-11-17-26)29(27)34-19-25-14-8-4-9-15-25/h3-17,22,28-30H,2,18-21,23H2,1H3/t28-,29-,30+/m1/s1. The highest BCUT2D eigenvalue weighted by Gasteiger charge is 2.39. The number of hydrogen-bond donors (Lipinski definition) is 0. The maximum Gasteiger partial charge on any atom is 0.150 e. The Morgan fingerprint density at radius 1 is 0.629 bits per heavy atom. The first-order valence-corrected chi connectivity index (χ1v) is 12.2. The number of rotatable bonds is 13. The van der Waals surface area contributed by atoms with Crippen LogP contribution in [0.3, 0.4) is 0 Å². The van der Waals surface area contributed by atoms with Gasteiger partial charge in [0.15, 0.2) is 0 Å². The molecule has 1 aliphatic heterocycles. The Balaban J connectivity index is 1.49. The highest BCUT2D eigenvalue weighted by atomic mass is 16.6. The summed E-state index contributed by atoms with van der Waals surface area (Å²) in [6, 6.07) is 30.4. The minimum atomic E-state index is -0.352. The van der Waals surface area contributed by atoms with Crippen molar-refractivity contribution in [2.75, 3.05) is 19.8 Å². The van der Waals surface area contributed by atoms with Gasteiger partial charge in [0.25, 0.3) is 0 Å². The molecule has 0 aromatic heterocycles. The van der Waals surface area contributed by atoms with E-state index >= 15 is 0 Å². The Hall–Kier alpha value is -2.96. The molecule has 0 bridgehead atoms. The molecule has 0 N–H and O–H groups in total. The van der Waals surface area contributed by atoms with Crippen molar-refractivity contribution >= 4 is 0 Å². The summed E-state index contributed by atoms with van der Waals surface area (Å²) >= 11 is 0. The third kappa shape index (κ3) is 7.77. The van der Waals surface area contributed by atoms with Gasteiger partial charge < -0.3 is 23.7 Å². The first-order chi connectivity index (χ1) is 17.3. The van der Waals surface area contributed by atoms with Gasteiger partial charge in [0, 0.05) is 12.2 Å². The van der Waals surface area contributed by atoms with Gasteiger partial charge in [0.1, 0.15) is 18.3 Å². The zero-order valence-electron chi connectivity index (χ0n) is 20.3. The normalized spacial score (nSPS) is 19.7. The van der Waals surface area contributed by atoms with Gasteiger partial charge in [-0.2, -0.15) is 0 Å². The summed E-state index contributed by atoms with van der Waals surface area (Å²) in [6.07, 6.45) is 0.790. The van der Waals surface area contributed by atoms with Crippen LogP contribution in [0.25, 0.3) is 0 Å². The topological polar surface area (TPSA) is 46.2 Å². The minimum absolute atomic E-state index is 0.312. The van der Waals surface area contributed by atoms with Crippen LogP contribution < -0.4 is 0 Å². The van der Waals surface area contributed by atoms with Crippen LogP contribution >= 0.6 is 0 Å². The van der Waals surface area contributed by atoms with Crippen molar-refractivity contribution in [1.29, 1.82) is 0 Å². The summed E-state index contributed by atoms with van der Waals surface area (Å²) in [6.45, 7) is 4.85. The maximum absolute atomic E-state index is 6.47. The minimum Gasteiger partial charge on any atom is -0.493 e. The molecule has 3 aromatic rings. The van der Waals surface area contributed by atoms with E-state index < -0.39 is 0 Å². The van der Waals surface area contributed by atoms with Gasteiger partial charge in [-0.05, 0) is 23.6 Å². The lowest BCUT2D eigenvalue weighted by atomic mass is 9.98. The lowest BCUT2D eigenvalue weighted by Gasteiger charge is -2.38. The zero-order chi connectivity index (χ0) is 24.1. The molecule has 184 valence electrons. The van der Waals surface area contributed by atoms with E-state index in [2.05, 4.69) is 36.4 Å². The fourth-order valence-electron chi connectivity index (χ4n) is 3.99. The molecule has 1 heterocycles. The maximum atomic E-state index is 6.47. The van der Waals surface area contributed by atoms with E-state index in [0.717, 1.165) is 22.3 Å². The van der Waals surface area contributed by atoms with E-state index in [1.807, 2.05) is 61.5 Å². The fraction of sp³-hybridized carbons (Fsp3) is 0.333. The lowest BCUT2D eigenvalue weighted by molar-refractivity contribution is -0.154. The molecule has 4 rings (SSSR count). The van der Waals surface area contributed by atoms with Crippen molar-refractivity contribution in [2.24, 2.45) is 0 Å². The summed E-state index contributed by atoms with van der Waals surface area (Å²) < 4.78 is 30.8. The molecule has 0 aliphatic carbocycles. The third-order valence-corrected chi connectivity index (χ3v) is 5.85. The van der Waals surface area contributed by atoms with Crippen LogP contribution in [0, 0.1) is 0 Å². The SMILES string of the molecule is CCOCC1=CO[C@H](COCc2ccccc2)[C@H](OCc2ccccc2)[C@@H]1OCc1ccccc1. The van der Waals surface area contributed by atoms with Crippen LogP contribution in [-0.4, -0.2) is 38.1 Å². The monoisotopic (exact) mass is 474 g/mol. The van der Waals surface area contributed by atoms with Crippen molar-refractivity contribution in [3.05, 3.63) is 120 Å². The van der Waals surface area contributed by atoms with Crippen molar-refractivity contribution in [3.63, 3.8) is 0 Å². The van der Waals surface area contributed by atoms with Crippen molar-refractivity contribution in [3.8, 4) is 0 Å². The first-order valence-electron chi connectivity index (χ1n) is 12.2. The molecule has 0 fully saturated rings. The molecule has 0 saturated heterocycles. The van der Waals surface area contributed by atoms with Crippen LogP contribution in [0.4, 0.5) is 0 Å². The molecule has 3 aromatic carbocycles. The summed E-state index contributed by atoms with van der Waals surface area (Å²) in [7, 11) is 0. The van der Waals surface area contributed by atoms with Crippen LogP contribution in [0.5, 0.6) is 0 Å². The highest BCUT2D eigenvalue weighted by molar-refractivity contribution is 5.18. The second-order valence-corrected chi connectivity index (χ2v) is 8.48. The molecule has 0 unspecified atom stereocenters. The Labute approximate surface area is 208 Å². The fourth-order valence-corrected chi connectivity index (χ4v) is 3.99. The molecular formula is C30H34O5. The molecule has 0 spiro atoms. The second kappa shape index (κ2) is 13.8. The van der Waals surface area contributed by atoms with E-state index in [1.165, 1.54) is 0 Å².